The summed E-state index contributed by atoms with van der Waals surface area (Å²) in [7, 11) is 0. The minimum Gasteiger partial charge on any atom is -0.507 e. The van der Waals surface area contributed by atoms with Crippen molar-refractivity contribution in [2.45, 2.75) is 58.6 Å². The summed E-state index contributed by atoms with van der Waals surface area (Å²) in [4.78, 5) is 0. The summed E-state index contributed by atoms with van der Waals surface area (Å²) < 4.78 is 6.22. The third-order valence-electron chi connectivity index (χ3n) is 4.56. The molecule has 0 aliphatic carbocycles. The van der Waals surface area contributed by atoms with Crippen molar-refractivity contribution in [2.24, 2.45) is 0 Å². The van der Waals surface area contributed by atoms with Crippen LogP contribution in [0.1, 0.15) is 64.5 Å². The van der Waals surface area contributed by atoms with Gasteiger partial charge in [-0.25, -0.2) is 0 Å². The van der Waals surface area contributed by atoms with Crippen LogP contribution in [0.4, 0.5) is 5.69 Å². The van der Waals surface area contributed by atoms with Gasteiger partial charge in [0.2, 0.25) is 0 Å². The summed E-state index contributed by atoms with van der Waals surface area (Å²) in [5.41, 5.74) is 3.99. The Hall–Kier alpha value is -1.87. The molecule has 3 nitrogen and oxygen atoms in total. The topological polar surface area (TPSA) is 41.5 Å². The fourth-order valence-electron chi connectivity index (χ4n) is 3.02. The van der Waals surface area contributed by atoms with E-state index in [4.69, 9.17) is 16.3 Å². The van der Waals surface area contributed by atoms with E-state index in [-0.39, 0.29) is 16.6 Å². The zero-order chi connectivity index (χ0) is 18.6. The molecule has 1 aliphatic heterocycles. The Balaban J connectivity index is 2.09. The fourth-order valence-corrected chi connectivity index (χ4v) is 3.20. The highest BCUT2D eigenvalue weighted by Gasteiger charge is 2.33. The van der Waals surface area contributed by atoms with E-state index in [0.29, 0.717) is 10.6 Å². The van der Waals surface area contributed by atoms with Gasteiger partial charge in [0.25, 0.3) is 0 Å². The van der Waals surface area contributed by atoms with Crippen LogP contribution in [-0.2, 0) is 10.8 Å². The van der Waals surface area contributed by atoms with Crippen LogP contribution in [0.3, 0.4) is 0 Å². The third-order valence-corrected chi connectivity index (χ3v) is 4.79. The summed E-state index contributed by atoms with van der Waals surface area (Å²) >= 11 is 6.10. The first-order valence-electron chi connectivity index (χ1n) is 8.57. The van der Waals surface area contributed by atoms with Crippen LogP contribution in [-0.4, -0.2) is 5.11 Å². The SMILES string of the molecule is CC(C)(C)c1cc2c(c(C(C)(C)C)c1)O[C@@H](c1cc(Cl)ccc1O)N2. The number of anilines is 1. The lowest BCUT2D eigenvalue weighted by Gasteiger charge is -2.26. The van der Waals surface area contributed by atoms with Gasteiger partial charge in [-0.15, -0.1) is 0 Å². The molecular formula is C21H26ClNO2. The van der Waals surface area contributed by atoms with Gasteiger partial charge in [-0.05, 0) is 40.7 Å². The van der Waals surface area contributed by atoms with E-state index in [1.807, 2.05) is 0 Å². The van der Waals surface area contributed by atoms with Crippen molar-refractivity contribution in [3.8, 4) is 11.5 Å². The van der Waals surface area contributed by atoms with Crippen molar-refractivity contribution in [1.82, 2.24) is 0 Å². The van der Waals surface area contributed by atoms with Gasteiger partial charge in [0.05, 0.1) is 11.3 Å². The molecule has 0 fully saturated rings. The van der Waals surface area contributed by atoms with Crippen molar-refractivity contribution in [3.05, 3.63) is 52.0 Å². The van der Waals surface area contributed by atoms with Crippen LogP contribution in [0.15, 0.2) is 30.3 Å². The van der Waals surface area contributed by atoms with Gasteiger partial charge in [0, 0.05) is 10.6 Å². The Morgan fingerprint density at radius 1 is 1.00 bits per heavy atom. The number of rotatable bonds is 1. The largest absolute Gasteiger partial charge is 0.507 e. The molecule has 134 valence electrons. The van der Waals surface area contributed by atoms with E-state index in [9.17, 15) is 5.11 Å². The number of hydrogen-bond donors (Lipinski definition) is 2. The lowest BCUT2D eigenvalue weighted by molar-refractivity contribution is 0.248. The zero-order valence-corrected chi connectivity index (χ0v) is 16.5. The summed E-state index contributed by atoms with van der Waals surface area (Å²) in [5.74, 6) is 1.02. The van der Waals surface area contributed by atoms with E-state index >= 15 is 0 Å². The summed E-state index contributed by atoms with van der Waals surface area (Å²) in [6, 6.07) is 9.38. The predicted octanol–water partition coefficient (Wildman–Crippen LogP) is 6.14. The first-order chi connectivity index (χ1) is 11.5. The number of benzene rings is 2. The molecule has 0 spiro atoms. The first-order valence-corrected chi connectivity index (χ1v) is 8.95. The molecule has 2 N–H and O–H groups in total. The molecule has 0 bridgehead atoms. The standard InChI is InChI=1S/C21H26ClNO2/c1-20(2,3)12-9-15(21(4,5)6)18-16(10-12)23-19(25-18)14-11-13(22)7-8-17(14)24/h7-11,19,23-24H,1-6H3/t19-/m0/s1. The van der Waals surface area contributed by atoms with E-state index in [1.54, 1.807) is 18.2 Å². The van der Waals surface area contributed by atoms with E-state index in [2.05, 4.69) is 59.0 Å². The smallest absolute Gasteiger partial charge is 0.200 e. The van der Waals surface area contributed by atoms with Crippen molar-refractivity contribution >= 4 is 17.3 Å². The lowest BCUT2D eigenvalue weighted by Crippen LogP contribution is -2.17. The van der Waals surface area contributed by atoms with Crippen LogP contribution in [0.5, 0.6) is 11.5 Å². The van der Waals surface area contributed by atoms with Crippen LogP contribution in [0, 0.1) is 0 Å². The van der Waals surface area contributed by atoms with Crippen LogP contribution < -0.4 is 10.1 Å². The maximum Gasteiger partial charge on any atom is 0.200 e. The van der Waals surface area contributed by atoms with Gasteiger partial charge in [-0.2, -0.15) is 0 Å². The zero-order valence-electron chi connectivity index (χ0n) is 15.7. The normalized spacial score (nSPS) is 17.0. The Labute approximate surface area is 155 Å². The van der Waals surface area contributed by atoms with Crippen LogP contribution in [0.2, 0.25) is 5.02 Å². The quantitative estimate of drug-likeness (QED) is 0.642. The highest BCUT2D eigenvalue weighted by atomic mass is 35.5. The molecule has 0 saturated carbocycles. The van der Waals surface area contributed by atoms with Gasteiger partial charge in [0.1, 0.15) is 11.5 Å². The highest BCUT2D eigenvalue weighted by Crippen LogP contribution is 2.48. The molecule has 2 aromatic carbocycles. The first kappa shape index (κ1) is 17.9. The molecule has 3 rings (SSSR count). The van der Waals surface area contributed by atoms with Gasteiger partial charge >= 0.3 is 0 Å². The molecule has 2 aromatic rings. The van der Waals surface area contributed by atoms with Gasteiger partial charge in [-0.3, -0.25) is 0 Å². The molecule has 0 radical (unpaired) electrons. The van der Waals surface area contributed by atoms with Crippen molar-refractivity contribution in [1.29, 1.82) is 0 Å². The molecule has 0 amide bonds. The Bertz CT molecular complexity index is 816. The fraction of sp³-hybridized carbons (Fsp3) is 0.429. The minimum absolute atomic E-state index is 0.0347. The van der Waals surface area contributed by atoms with E-state index < -0.39 is 6.23 Å². The number of nitrogens with one attached hydrogen (secondary N) is 1. The monoisotopic (exact) mass is 359 g/mol. The third kappa shape index (κ3) is 3.43. The van der Waals surface area contributed by atoms with E-state index in [0.717, 1.165) is 17.0 Å². The average Bonchev–Trinajstić information content (AvgIpc) is 2.90. The molecule has 1 atom stereocenters. The number of halogens is 1. The lowest BCUT2D eigenvalue weighted by atomic mass is 9.80. The molecule has 0 aromatic heterocycles. The summed E-state index contributed by atoms with van der Waals surface area (Å²) in [6.07, 6.45) is -0.454. The molecule has 1 aliphatic rings. The Morgan fingerprint density at radius 3 is 2.28 bits per heavy atom. The molecule has 0 saturated heterocycles. The molecule has 25 heavy (non-hydrogen) atoms. The van der Waals surface area contributed by atoms with Crippen LogP contribution >= 0.6 is 11.6 Å². The molecule has 0 unspecified atom stereocenters. The number of phenols is 1. The van der Waals surface area contributed by atoms with Gasteiger partial charge in [0.15, 0.2) is 6.23 Å². The van der Waals surface area contributed by atoms with Crippen LogP contribution in [0.25, 0.3) is 0 Å². The molecule has 4 heteroatoms. The highest BCUT2D eigenvalue weighted by molar-refractivity contribution is 6.30. The number of phenolic OH excluding ortho intramolecular Hbond substituents is 1. The second kappa shape index (κ2) is 5.84. The second-order valence-electron chi connectivity index (χ2n) is 8.75. The number of ether oxygens (including phenoxy) is 1. The Kier molecular flexibility index (Phi) is 4.19. The average molecular weight is 360 g/mol. The summed E-state index contributed by atoms with van der Waals surface area (Å²) in [5, 5.41) is 14.2. The summed E-state index contributed by atoms with van der Waals surface area (Å²) in [6.45, 7) is 13.2. The predicted molar refractivity (Wildman–Crippen MR) is 104 cm³/mol. The van der Waals surface area contributed by atoms with E-state index in [1.165, 1.54) is 5.56 Å². The van der Waals surface area contributed by atoms with Gasteiger partial charge < -0.3 is 15.2 Å². The maximum atomic E-state index is 10.2. The van der Waals surface area contributed by atoms with Crippen molar-refractivity contribution < 1.29 is 9.84 Å². The second-order valence-corrected chi connectivity index (χ2v) is 9.18. The molecular weight excluding hydrogens is 334 g/mol. The Morgan fingerprint density at radius 2 is 1.68 bits per heavy atom. The van der Waals surface area contributed by atoms with Crippen molar-refractivity contribution in [2.75, 3.05) is 5.32 Å². The molecule has 1 heterocycles. The van der Waals surface area contributed by atoms with Crippen molar-refractivity contribution in [3.63, 3.8) is 0 Å². The minimum atomic E-state index is -0.454. The van der Waals surface area contributed by atoms with Gasteiger partial charge in [-0.1, -0.05) is 59.2 Å². The number of fused-ring (bicyclic) bond motifs is 1. The number of aromatic hydroxyl groups is 1. The maximum absolute atomic E-state index is 10.2. The number of hydrogen-bond acceptors (Lipinski definition) is 3.